The Labute approximate surface area is 108 Å². The molecule has 100 valence electrons. The van der Waals surface area contributed by atoms with Crippen molar-refractivity contribution in [1.82, 2.24) is 15.1 Å². The van der Waals surface area contributed by atoms with Gasteiger partial charge in [-0.25, -0.2) is 0 Å². The number of hydrogen-bond donors (Lipinski definition) is 2. The van der Waals surface area contributed by atoms with Gasteiger partial charge in [-0.3, -0.25) is 4.79 Å². The molecule has 1 rings (SSSR count). The Morgan fingerprint density at radius 2 is 2.06 bits per heavy atom. The topological polar surface area (TPSA) is 84.1 Å². The Morgan fingerprint density at radius 1 is 1.28 bits per heavy atom. The molecular formula is C12H21N5O. The number of nitrogens with two attached hydrogens (primary N) is 1. The second kappa shape index (κ2) is 7.60. The minimum atomic E-state index is -0.142. The van der Waals surface area contributed by atoms with Crippen molar-refractivity contribution in [1.29, 1.82) is 0 Å². The van der Waals surface area contributed by atoms with Crippen LogP contribution in [0.5, 0.6) is 0 Å². The average molecular weight is 251 g/mol. The van der Waals surface area contributed by atoms with Crippen LogP contribution in [0.25, 0.3) is 0 Å². The van der Waals surface area contributed by atoms with E-state index in [1.54, 1.807) is 26.2 Å². The van der Waals surface area contributed by atoms with Gasteiger partial charge in [0.15, 0.2) is 5.69 Å². The van der Waals surface area contributed by atoms with Crippen molar-refractivity contribution in [3.8, 4) is 0 Å². The number of rotatable bonds is 7. The molecule has 0 saturated heterocycles. The van der Waals surface area contributed by atoms with Gasteiger partial charge in [-0.2, -0.15) is 0 Å². The number of nitrogens with zero attached hydrogens (tertiary/aromatic N) is 3. The largest absolute Gasteiger partial charge is 0.369 e. The molecule has 1 aromatic rings. The van der Waals surface area contributed by atoms with E-state index in [9.17, 15) is 4.79 Å². The number of hydrogen-bond acceptors (Lipinski definition) is 5. The minimum Gasteiger partial charge on any atom is -0.369 e. The summed E-state index contributed by atoms with van der Waals surface area (Å²) in [6.45, 7) is 1.58. The van der Waals surface area contributed by atoms with E-state index in [4.69, 9.17) is 5.73 Å². The maximum atomic E-state index is 11.6. The fraction of sp³-hybridized carbons (Fsp3) is 0.583. The minimum absolute atomic E-state index is 0.142. The van der Waals surface area contributed by atoms with Crippen molar-refractivity contribution in [2.75, 3.05) is 32.5 Å². The van der Waals surface area contributed by atoms with E-state index in [0.29, 0.717) is 11.5 Å². The lowest BCUT2D eigenvalue weighted by Crippen LogP contribution is -2.23. The van der Waals surface area contributed by atoms with Crippen LogP contribution in [0.1, 0.15) is 29.8 Å². The third-order valence-corrected chi connectivity index (χ3v) is 2.48. The fourth-order valence-electron chi connectivity index (χ4n) is 1.43. The first-order valence-corrected chi connectivity index (χ1v) is 6.14. The van der Waals surface area contributed by atoms with Crippen LogP contribution in [0.2, 0.25) is 0 Å². The molecule has 0 unspecified atom stereocenters. The fourth-order valence-corrected chi connectivity index (χ4v) is 1.43. The summed E-state index contributed by atoms with van der Waals surface area (Å²) in [7, 11) is 3.38. The van der Waals surface area contributed by atoms with Gasteiger partial charge in [0.1, 0.15) is 5.82 Å². The molecule has 0 aromatic carbocycles. The summed E-state index contributed by atoms with van der Waals surface area (Å²) in [4.78, 5) is 13.1. The van der Waals surface area contributed by atoms with Gasteiger partial charge in [-0.15, -0.1) is 10.2 Å². The molecule has 3 N–H and O–H groups in total. The number of nitrogens with one attached hydrogen (secondary N) is 1. The van der Waals surface area contributed by atoms with E-state index in [1.165, 1.54) is 4.90 Å². The molecule has 6 nitrogen and oxygen atoms in total. The Balaban J connectivity index is 2.38. The van der Waals surface area contributed by atoms with Gasteiger partial charge in [-0.1, -0.05) is 6.42 Å². The number of carbonyl (C=O) groups is 1. The zero-order valence-corrected chi connectivity index (χ0v) is 11.0. The highest BCUT2D eigenvalue weighted by molar-refractivity contribution is 5.91. The van der Waals surface area contributed by atoms with Gasteiger partial charge >= 0.3 is 0 Å². The summed E-state index contributed by atoms with van der Waals surface area (Å²) in [6.07, 6.45) is 3.20. The van der Waals surface area contributed by atoms with E-state index < -0.39 is 0 Å². The molecule has 18 heavy (non-hydrogen) atoms. The van der Waals surface area contributed by atoms with Crippen molar-refractivity contribution in [3.05, 3.63) is 17.8 Å². The third kappa shape index (κ3) is 4.67. The maximum Gasteiger partial charge on any atom is 0.273 e. The van der Waals surface area contributed by atoms with Crippen molar-refractivity contribution < 1.29 is 4.79 Å². The van der Waals surface area contributed by atoms with Gasteiger partial charge in [0.25, 0.3) is 5.91 Å². The summed E-state index contributed by atoms with van der Waals surface area (Å²) in [5.74, 6) is 0.551. The van der Waals surface area contributed by atoms with E-state index in [2.05, 4.69) is 15.5 Å². The molecule has 1 heterocycles. The molecule has 0 aliphatic rings. The molecule has 0 fully saturated rings. The monoisotopic (exact) mass is 251 g/mol. The van der Waals surface area contributed by atoms with Crippen LogP contribution in [0.3, 0.4) is 0 Å². The molecule has 0 atom stereocenters. The second-order valence-electron chi connectivity index (χ2n) is 4.28. The van der Waals surface area contributed by atoms with E-state index >= 15 is 0 Å². The van der Waals surface area contributed by atoms with E-state index in [0.717, 1.165) is 32.4 Å². The highest BCUT2D eigenvalue weighted by atomic mass is 16.2. The van der Waals surface area contributed by atoms with Crippen LogP contribution in [0.15, 0.2) is 12.1 Å². The first-order valence-electron chi connectivity index (χ1n) is 6.14. The van der Waals surface area contributed by atoms with Gasteiger partial charge in [-0.05, 0) is 31.5 Å². The quantitative estimate of drug-likeness (QED) is 0.698. The molecule has 0 saturated carbocycles. The molecule has 1 amide bonds. The number of amides is 1. The Morgan fingerprint density at radius 3 is 2.61 bits per heavy atom. The van der Waals surface area contributed by atoms with Crippen LogP contribution in [-0.4, -0.2) is 48.2 Å². The zero-order valence-electron chi connectivity index (χ0n) is 11.0. The van der Waals surface area contributed by atoms with Gasteiger partial charge in [0.05, 0.1) is 0 Å². The lowest BCUT2D eigenvalue weighted by Gasteiger charge is -2.09. The van der Waals surface area contributed by atoms with E-state index in [1.807, 2.05) is 0 Å². The van der Waals surface area contributed by atoms with Crippen LogP contribution in [0.4, 0.5) is 5.82 Å². The summed E-state index contributed by atoms with van der Waals surface area (Å²) >= 11 is 0. The van der Waals surface area contributed by atoms with Crippen molar-refractivity contribution in [2.45, 2.75) is 19.3 Å². The average Bonchev–Trinajstić information content (AvgIpc) is 2.38. The first kappa shape index (κ1) is 14.4. The molecule has 0 bridgehead atoms. The molecule has 0 aliphatic carbocycles. The van der Waals surface area contributed by atoms with Crippen LogP contribution < -0.4 is 11.1 Å². The summed E-state index contributed by atoms with van der Waals surface area (Å²) in [5, 5.41) is 11.0. The van der Waals surface area contributed by atoms with Gasteiger partial charge in [0.2, 0.25) is 0 Å². The number of carbonyl (C=O) groups excluding carboxylic acids is 1. The standard InChI is InChI=1S/C12H21N5O/c1-17(2)12(18)10-6-7-11(16-15-10)14-9-5-3-4-8-13/h6-7H,3-5,8-9,13H2,1-2H3,(H,14,16). The summed E-state index contributed by atoms with van der Waals surface area (Å²) < 4.78 is 0. The molecule has 6 heteroatoms. The maximum absolute atomic E-state index is 11.6. The van der Waals surface area contributed by atoms with Gasteiger partial charge in [0, 0.05) is 20.6 Å². The highest BCUT2D eigenvalue weighted by Crippen LogP contribution is 2.04. The molecule has 1 aromatic heterocycles. The third-order valence-electron chi connectivity index (χ3n) is 2.48. The predicted octanol–water partition coefficient (Wildman–Crippen LogP) is 0.719. The van der Waals surface area contributed by atoms with E-state index in [-0.39, 0.29) is 5.91 Å². The summed E-state index contributed by atoms with van der Waals surface area (Å²) in [5.41, 5.74) is 5.77. The lowest BCUT2D eigenvalue weighted by atomic mass is 10.2. The number of anilines is 1. The van der Waals surface area contributed by atoms with Crippen LogP contribution in [0, 0.1) is 0 Å². The Bertz CT molecular complexity index is 363. The second-order valence-corrected chi connectivity index (χ2v) is 4.28. The lowest BCUT2D eigenvalue weighted by molar-refractivity contribution is 0.0821. The first-order chi connectivity index (χ1) is 8.65. The van der Waals surface area contributed by atoms with Crippen LogP contribution >= 0.6 is 0 Å². The summed E-state index contributed by atoms with van der Waals surface area (Å²) in [6, 6.07) is 3.45. The van der Waals surface area contributed by atoms with Crippen molar-refractivity contribution >= 4 is 11.7 Å². The predicted molar refractivity (Wildman–Crippen MR) is 71.4 cm³/mol. The van der Waals surface area contributed by atoms with Gasteiger partial charge < -0.3 is 16.0 Å². The Kier molecular flexibility index (Phi) is 6.07. The molecular weight excluding hydrogens is 230 g/mol. The SMILES string of the molecule is CN(C)C(=O)c1ccc(NCCCCCN)nn1. The Hall–Kier alpha value is -1.69. The van der Waals surface area contributed by atoms with Crippen LogP contribution in [-0.2, 0) is 0 Å². The number of aromatic nitrogens is 2. The molecule has 0 spiro atoms. The smallest absolute Gasteiger partial charge is 0.273 e. The number of unbranched alkanes of at least 4 members (excludes halogenated alkanes) is 2. The molecule has 0 aliphatic heterocycles. The van der Waals surface area contributed by atoms with Crippen molar-refractivity contribution in [2.24, 2.45) is 5.73 Å². The normalized spacial score (nSPS) is 10.2. The molecule has 0 radical (unpaired) electrons. The van der Waals surface area contributed by atoms with Crippen molar-refractivity contribution in [3.63, 3.8) is 0 Å². The zero-order chi connectivity index (χ0) is 13.4. The highest BCUT2D eigenvalue weighted by Gasteiger charge is 2.09.